The second kappa shape index (κ2) is 6.80. The number of benzene rings is 2. The summed E-state index contributed by atoms with van der Waals surface area (Å²) < 4.78 is 18.3. The van der Waals surface area contributed by atoms with Crippen LogP contribution in [0.3, 0.4) is 0 Å². The van der Waals surface area contributed by atoms with Crippen molar-refractivity contribution >= 4 is 11.9 Å². The van der Waals surface area contributed by atoms with Gasteiger partial charge in [0.25, 0.3) is 0 Å². The summed E-state index contributed by atoms with van der Waals surface area (Å²) in [6, 6.07) is 12.2. The van der Waals surface area contributed by atoms with Crippen LogP contribution in [-0.4, -0.2) is 35.7 Å². The fourth-order valence-electron chi connectivity index (χ4n) is 2.64. The number of ether oxygens (including phenoxy) is 1. The summed E-state index contributed by atoms with van der Waals surface area (Å²) >= 11 is 0. The highest BCUT2D eigenvalue weighted by molar-refractivity contribution is 5.90. The molecule has 0 aromatic heterocycles. The van der Waals surface area contributed by atoms with Crippen molar-refractivity contribution in [3.05, 3.63) is 59.9 Å². The van der Waals surface area contributed by atoms with Crippen molar-refractivity contribution in [1.29, 1.82) is 0 Å². The second-order valence-electron chi connectivity index (χ2n) is 5.65. The predicted octanol–water partition coefficient (Wildman–Crippen LogP) is 2.46. The van der Waals surface area contributed by atoms with Crippen LogP contribution < -0.4 is 5.32 Å². The van der Waals surface area contributed by atoms with Crippen LogP contribution in [0.5, 0.6) is 0 Å². The number of halogens is 1. The summed E-state index contributed by atoms with van der Waals surface area (Å²) in [5, 5.41) is 11.7. The Morgan fingerprint density at radius 1 is 1.04 bits per heavy atom. The first-order valence-electron chi connectivity index (χ1n) is 7.56. The van der Waals surface area contributed by atoms with E-state index in [2.05, 4.69) is 5.32 Å². The number of carbonyl (C=O) groups is 2. The molecule has 1 aliphatic rings. The number of carboxylic acids is 1. The van der Waals surface area contributed by atoms with E-state index in [1.54, 1.807) is 36.4 Å². The van der Waals surface area contributed by atoms with E-state index in [4.69, 9.17) is 9.84 Å². The van der Waals surface area contributed by atoms with E-state index in [1.165, 1.54) is 12.1 Å². The van der Waals surface area contributed by atoms with Crippen LogP contribution in [0.4, 0.5) is 4.39 Å². The van der Waals surface area contributed by atoms with E-state index in [-0.39, 0.29) is 12.2 Å². The van der Waals surface area contributed by atoms with Gasteiger partial charge in [0.2, 0.25) is 0 Å². The first-order chi connectivity index (χ1) is 11.5. The van der Waals surface area contributed by atoms with E-state index in [1.807, 2.05) is 0 Å². The molecule has 2 N–H and O–H groups in total. The van der Waals surface area contributed by atoms with Crippen molar-refractivity contribution in [3.63, 3.8) is 0 Å². The maximum absolute atomic E-state index is 12.9. The topological polar surface area (TPSA) is 75.6 Å². The Kier molecular flexibility index (Phi) is 4.57. The summed E-state index contributed by atoms with van der Waals surface area (Å²) in [7, 11) is 0. The van der Waals surface area contributed by atoms with Crippen molar-refractivity contribution in [2.45, 2.75) is 18.6 Å². The van der Waals surface area contributed by atoms with Gasteiger partial charge in [-0.05, 0) is 35.4 Å². The Hall–Kier alpha value is -2.73. The summed E-state index contributed by atoms with van der Waals surface area (Å²) in [5.41, 5.74) is 2.10. The number of rotatable bonds is 4. The molecule has 124 valence electrons. The van der Waals surface area contributed by atoms with Crippen LogP contribution in [0.25, 0.3) is 11.1 Å². The Labute approximate surface area is 138 Å². The Morgan fingerprint density at radius 2 is 1.62 bits per heavy atom. The van der Waals surface area contributed by atoms with Crippen molar-refractivity contribution in [2.75, 3.05) is 6.54 Å². The summed E-state index contributed by atoms with van der Waals surface area (Å²) in [4.78, 5) is 23.0. The van der Waals surface area contributed by atoms with Crippen molar-refractivity contribution in [3.8, 4) is 11.1 Å². The largest absolute Gasteiger partial charge is 0.480 e. The lowest BCUT2D eigenvalue weighted by Crippen LogP contribution is -2.30. The van der Waals surface area contributed by atoms with E-state index in [0.29, 0.717) is 12.1 Å². The van der Waals surface area contributed by atoms with Gasteiger partial charge in [0.1, 0.15) is 18.0 Å². The zero-order valence-electron chi connectivity index (χ0n) is 12.7. The van der Waals surface area contributed by atoms with Crippen LogP contribution in [0, 0.1) is 5.82 Å². The molecule has 5 nitrogen and oxygen atoms in total. The molecule has 0 bridgehead atoms. The smallest absolute Gasteiger partial charge is 0.338 e. The molecule has 3 rings (SSSR count). The van der Waals surface area contributed by atoms with Gasteiger partial charge in [0.05, 0.1) is 5.56 Å². The molecule has 0 saturated carbocycles. The van der Waals surface area contributed by atoms with Gasteiger partial charge in [-0.15, -0.1) is 0 Å². The average Bonchev–Trinajstić information content (AvgIpc) is 3.04. The first kappa shape index (κ1) is 16.1. The van der Waals surface area contributed by atoms with Gasteiger partial charge in [0, 0.05) is 13.0 Å². The lowest BCUT2D eigenvalue weighted by Gasteiger charge is -2.11. The Morgan fingerprint density at radius 3 is 2.17 bits per heavy atom. The molecule has 1 saturated heterocycles. The quantitative estimate of drug-likeness (QED) is 0.843. The van der Waals surface area contributed by atoms with E-state index >= 15 is 0 Å². The van der Waals surface area contributed by atoms with Crippen LogP contribution in [0.15, 0.2) is 48.5 Å². The van der Waals surface area contributed by atoms with Crippen LogP contribution in [0.1, 0.15) is 16.8 Å². The molecule has 1 fully saturated rings. The highest BCUT2D eigenvalue weighted by Crippen LogP contribution is 2.21. The van der Waals surface area contributed by atoms with E-state index in [9.17, 15) is 14.0 Å². The van der Waals surface area contributed by atoms with Crippen LogP contribution in [-0.2, 0) is 9.53 Å². The third-order valence-corrected chi connectivity index (χ3v) is 3.96. The molecular formula is C18H16FNO4. The van der Waals surface area contributed by atoms with Gasteiger partial charge in [-0.1, -0.05) is 24.3 Å². The third-order valence-electron chi connectivity index (χ3n) is 3.96. The number of esters is 1. The van der Waals surface area contributed by atoms with Gasteiger partial charge in [-0.3, -0.25) is 4.79 Å². The number of carboxylic acid groups (broad SMARTS) is 1. The molecule has 2 aromatic carbocycles. The highest BCUT2D eigenvalue weighted by Gasteiger charge is 2.31. The summed E-state index contributed by atoms with van der Waals surface area (Å²) in [6.07, 6.45) is -0.190. The average molecular weight is 329 g/mol. The normalized spacial score (nSPS) is 19.9. The molecule has 0 spiro atoms. The lowest BCUT2D eigenvalue weighted by atomic mass is 10.0. The minimum atomic E-state index is -0.947. The molecule has 6 heteroatoms. The number of hydrogen-bond donors (Lipinski definition) is 2. The van der Waals surface area contributed by atoms with E-state index < -0.39 is 24.1 Å². The molecular weight excluding hydrogens is 313 g/mol. The van der Waals surface area contributed by atoms with Gasteiger partial charge in [0.15, 0.2) is 0 Å². The van der Waals surface area contributed by atoms with Crippen LogP contribution >= 0.6 is 0 Å². The zero-order valence-corrected chi connectivity index (χ0v) is 12.7. The molecule has 0 amide bonds. The molecule has 2 atom stereocenters. The molecule has 0 unspecified atom stereocenters. The minimum Gasteiger partial charge on any atom is -0.480 e. The Bertz CT molecular complexity index is 743. The number of hydrogen-bond acceptors (Lipinski definition) is 4. The predicted molar refractivity (Wildman–Crippen MR) is 85.1 cm³/mol. The maximum Gasteiger partial charge on any atom is 0.338 e. The molecule has 0 radical (unpaired) electrons. The molecule has 1 heterocycles. The molecule has 2 aromatic rings. The summed E-state index contributed by atoms with van der Waals surface area (Å²) in [6.45, 7) is 0.330. The Balaban J connectivity index is 1.64. The van der Waals surface area contributed by atoms with Gasteiger partial charge in [-0.2, -0.15) is 0 Å². The minimum absolute atomic E-state index is 0.259. The maximum atomic E-state index is 12.9. The van der Waals surface area contributed by atoms with Crippen molar-refractivity contribution in [1.82, 2.24) is 5.32 Å². The molecule has 24 heavy (non-hydrogen) atoms. The number of aliphatic carboxylic acids is 1. The van der Waals surface area contributed by atoms with Crippen LogP contribution in [0.2, 0.25) is 0 Å². The van der Waals surface area contributed by atoms with Crippen molar-refractivity contribution < 1.29 is 23.8 Å². The van der Waals surface area contributed by atoms with Crippen molar-refractivity contribution in [2.24, 2.45) is 0 Å². The zero-order chi connectivity index (χ0) is 17.1. The monoisotopic (exact) mass is 329 g/mol. The number of nitrogens with one attached hydrogen (secondary N) is 1. The molecule has 1 aliphatic heterocycles. The lowest BCUT2D eigenvalue weighted by molar-refractivity contribution is -0.139. The number of carbonyl (C=O) groups excluding carboxylic acids is 1. The summed E-state index contributed by atoms with van der Waals surface area (Å²) in [5.74, 6) is -1.74. The van der Waals surface area contributed by atoms with E-state index in [0.717, 1.165) is 11.1 Å². The van der Waals surface area contributed by atoms with Gasteiger partial charge in [-0.25, -0.2) is 9.18 Å². The second-order valence-corrected chi connectivity index (χ2v) is 5.65. The van der Waals surface area contributed by atoms with Gasteiger partial charge < -0.3 is 15.2 Å². The molecule has 0 aliphatic carbocycles. The fraction of sp³-hybridized carbons (Fsp3) is 0.222. The standard InChI is InChI=1S/C18H16FNO4/c19-14-7-5-12(6-8-14)11-1-3-13(4-2-11)18(23)24-15-9-16(17(21)22)20-10-15/h1-8,15-16,20H,9-10H2,(H,21,22)/t15-,16-/m0/s1. The fourth-order valence-corrected chi connectivity index (χ4v) is 2.64. The van der Waals surface area contributed by atoms with Gasteiger partial charge >= 0.3 is 11.9 Å². The highest BCUT2D eigenvalue weighted by atomic mass is 19.1. The third kappa shape index (κ3) is 3.60. The SMILES string of the molecule is O=C(O[C@@H]1CN[C@H](C(=O)O)C1)c1ccc(-c2ccc(F)cc2)cc1. The first-order valence-corrected chi connectivity index (χ1v) is 7.56.